The summed E-state index contributed by atoms with van der Waals surface area (Å²) in [6.07, 6.45) is 15.7. The molecule has 0 aliphatic carbocycles. The molecule has 3 atom stereocenters. The van der Waals surface area contributed by atoms with E-state index in [-0.39, 0.29) is 29.7 Å². The van der Waals surface area contributed by atoms with Crippen LogP contribution in [0.5, 0.6) is 0 Å². The average molecular weight is 411 g/mol. The first-order chi connectivity index (χ1) is 13.7. The SMILES string of the molecule is CCCCC[C@@H](/C=C/[C@@H]1O[C@@H]1CCCCCCCC(=O)OC(C)(C)C)OC(C)=O. The first-order valence-corrected chi connectivity index (χ1v) is 11.4. The van der Waals surface area contributed by atoms with Crippen LogP contribution in [0.25, 0.3) is 0 Å². The van der Waals surface area contributed by atoms with Gasteiger partial charge in [0, 0.05) is 13.3 Å². The molecule has 0 radical (unpaired) electrons. The lowest BCUT2D eigenvalue weighted by Crippen LogP contribution is -2.23. The van der Waals surface area contributed by atoms with Gasteiger partial charge in [-0.1, -0.05) is 51.5 Å². The van der Waals surface area contributed by atoms with Crippen molar-refractivity contribution in [3.05, 3.63) is 12.2 Å². The van der Waals surface area contributed by atoms with Gasteiger partial charge in [0.15, 0.2) is 0 Å². The van der Waals surface area contributed by atoms with Gasteiger partial charge in [0.1, 0.15) is 17.8 Å². The van der Waals surface area contributed by atoms with E-state index in [1.807, 2.05) is 26.8 Å². The Morgan fingerprint density at radius 2 is 1.72 bits per heavy atom. The molecule has 1 saturated heterocycles. The minimum Gasteiger partial charge on any atom is -0.460 e. The van der Waals surface area contributed by atoms with Crippen molar-refractivity contribution in [2.45, 2.75) is 129 Å². The summed E-state index contributed by atoms with van der Waals surface area (Å²) >= 11 is 0. The van der Waals surface area contributed by atoms with Crippen molar-refractivity contribution in [3.8, 4) is 0 Å². The van der Waals surface area contributed by atoms with Crippen molar-refractivity contribution in [3.63, 3.8) is 0 Å². The number of ether oxygens (including phenoxy) is 3. The molecule has 0 unspecified atom stereocenters. The Balaban J connectivity index is 2.08. The molecule has 0 spiro atoms. The Morgan fingerprint density at radius 3 is 2.38 bits per heavy atom. The highest BCUT2D eigenvalue weighted by molar-refractivity contribution is 5.69. The number of epoxide rings is 1. The summed E-state index contributed by atoms with van der Waals surface area (Å²) < 4.78 is 16.4. The molecule has 0 bridgehead atoms. The molecule has 1 rings (SSSR count). The first kappa shape index (κ1) is 25.7. The smallest absolute Gasteiger partial charge is 0.306 e. The number of unbranched alkanes of at least 4 members (excludes halogenated alkanes) is 6. The van der Waals surface area contributed by atoms with Gasteiger partial charge >= 0.3 is 11.9 Å². The van der Waals surface area contributed by atoms with E-state index in [0.717, 1.165) is 64.2 Å². The maximum atomic E-state index is 11.7. The molecule has 5 nitrogen and oxygen atoms in total. The zero-order valence-electron chi connectivity index (χ0n) is 19.2. The third-order valence-electron chi connectivity index (χ3n) is 4.84. The predicted molar refractivity (Wildman–Crippen MR) is 116 cm³/mol. The highest BCUT2D eigenvalue weighted by atomic mass is 16.6. The number of hydrogen-bond acceptors (Lipinski definition) is 5. The Bertz CT molecular complexity index is 506. The van der Waals surface area contributed by atoms with Gasteiger partial charge in [0.2, 0.25) is 0 Å². The van der Waals surface area contributed by atoms with Crippen LogP contribution in [0, 0.1) is 0 Å². The number of rotatable bonds is 15. The molecule has 1 heterocycles. The Kier molecular flexibility index (Phi) is 12.2. The van der Waals surface area contributed by atoms with E-state index in [1.54, 1.807) is 0 Å². The lowest BCUT2D eigenvalue weighted by atomic mass is 10.1. The molecule has 1 fully saturated rings. The zero-order valence-corrected chi connectivity index (χ0v) is 19.2. The quantitative estimate of drug-likeness (QED) is 0.146. The summed E-state index contributed by atoms with van der Waals surface area (Å²) in [5, 5.41) is 0. The predicted octanol–water partition coefficient (Wildman–Crippen LogP) is 5.89. The van der Waals surface area contributed by atoms with Gasteiger partial charge in [-0.2, -0.15) is 0 Å². The molecule has 0 aromatic heterocycles. The molecular formula is C24H42O5. The Labute approximate surface area is 177 Å². The summed E-state index contributed by atoms with van der Waals surface area (Å²) in [4.78, 5) is 22.9. The fourth-order valence-electron chi connectivity index (χ4n) is 3.33. The highest BCUT2D eigenvalue weighted by Gasteiger charge is 2.35. The molecule has 0 saturated carbocycles. The van der Waals surface area contributed by atoms with Gasteiger partial charge in [0.05, 0.1) is 6.10 Å². The van der Waals surface area contributed by atoms with E-state index in [0.29, 0.717) is 12.5 Å². The Morgan fingerprint density at radius 1 is 1.03 bits per heavy atom. The van der Waals surface area contributed by atoms with Crippen molar-refractivity contribution in [2.24, 2.45) is 0 Å². The molecule has 1 aliphatic rings. The topological polar surface area (TPSA) is 65.1 Å². The van der Waals surface area contributed by atoms with Crippen molar-refractivity contribution >= 4 is 11.9 Å². The lowest BCUT2D eigenvalue weighted by molar-refractivity contribution is -0.155. The molecule has 0 aromatic rings. The van der Waals surface area contributed by atoms with Gasteiger partial charge in [0.25, 0.3) is 0 Å². The maximum absolute atomic E-state index is 11.7. The summed E-state index contributed by atoms with van der Waals surface area (Å²) in [5.74, 6) is -0.323. The van der Waals surface area contributed by atoms with Crippen molar-refractivity contribution < 1.29 is 23.8 Å². The van der Waals surface area contributed by atoms with Crippen LogP contribution in [0.4, 0.5) is 0 Å². The molecule has 5 heteroatoms. The number of carbonyl (C=O) groups is 2. The molecule has 0 aromatic carbocycles. The normalized spacial score (nSPS) is 19.9. The van der Waals surface area contributed by atoms with E-state index in [2.05, 4.69) is 13.0 Å². The summed E-state index contributed by atoms with van der Waals surface area (Å²) in [6, 6.07) is 0. The highest BCUT2D eigenvalue weighted by Crippen LogP contribution is 2.29. The fourth-order valence-corrected chi connectivity index (χ4v) is 3.33. The van der Waals surface area contributed by atoms with E-state index in [4.69, 9.17) is 14.2 Å². The van der Waals surface area contributed by atoms with E-state index in [1.165, 1.54) is 6.92 Å². The van der Waals surface area contributed by atoms with Crippen LogP contribution >= 0.6 is 0 Å². The van der Waals surface area contributed by atoms with Crippen LogP contribution < -0.4 is 0 Å². The van der Waals surface area contributed by atoms with Gasteiger partial charge in [-0.25, -0.2) is 0 Å². The van der Waals surface area contributed by atoms with Gasteiger partial charge in [-0.15, -0.1) is 0 Å². The standard InChI is InChI=1S/C24H42O5/c1-6-7-11-14-20(27-19(2)25)17-18-22-21(28-22)15-12-9-8-10-13-16-23(26)29-24(3,4)5/h17-18,20-22H,6-16H2,1-5H3/b18-17+/t20-,21+,22-/m0/s1. The zero-order chi connectivity index (χ0) is 21.7. The van der Waals surface area contributed by atoms with Crippen LogP contribution in [0.3, 0.4) is 0 Å². The molecular weight excluding hydrogens is 368 g/mol. The second kappa shape index (κ2) is 13.8. The molecule has 0 amide bonds. The second-order valence-corrected chi connectivity index (χ2v) is 9.06. The van der Waals surface area contributed by atoms with Crippen LogP contribution in [-0.4, -0.2) is 35.9 Å². The van der Waals surface area contributed by atoms with Crippen LogP contribution in [0.2, 0.25) is 0 Å². The minimum absolute atomic E-state index is 0.0970. The number of hydrogen-bond donors (Lipinski definition) is 0. The summed E-state index contributed by atoms with van der Waals surface area (Å²) in [5.41, 5.74) is -0.389. The molecule has 29 heavy (non-hydrogen) atoms. The summed E-state index contributed by atoms with van der Waals surface area (Å²) in [7, 11) is 0. The van der Waals surface area contributed by atoms with Crippen molar-refractivity contribution in [2.75, 3.05) is 0 Å². The fraction of sp³-hybridized carbons (Fsp3) is 0.833. The minimum atomic E-state index is -0.389. The maximum Gasteiger partial charge on any atom is 0.306 e. The summed E-state index contributed by atoms with van der Waals surface area (Å²) in [6.45, 7) is 9.33. The monoisotopic (exact) mass is 410 g/mol. The molecule has 168 valence electrons. The third-order valence-corrected chi connectivity index (χ3v) is 4.84. The van der Waals surface area contributed by atoms with E-state index in [9.17, 15) is 9.59 Å². The van der Waals surface area contributed by atoms with Gasteiger partial charge in [-0.05, 0) is 52.5 Å². The molecule has 0 N–H and O–H groups in total. The van der Waals surface area contributed by atoms with Crippen LogP contribution in [0.1, 0.15) is 105 Å². The second-order valence-electron chi connectivity index (χ2n) is 9.06. The van der Waals surface area contributed by atoms with Crippen LogP contribution in [-0.2, 0) is 23.8 Å². The van der Waals surface area contributed by atoms with Gasteiger partial charge < -0.3 is 14.2 Å². The van der Waals surface area contributed by atoms with E-state index >= 15 is 0 Å². The van der Waals surface area contributed by atoms with Crippen molar-refractivity contribution in [1.29, 1.82) is 0 Å². The Hall–Kier alpha value is -1.36. The van der Waals surface area contributed by atoms with Crippen LogP contribution in [0.15, 0.2) is 12.2 Å². The molecule has 1 aliphatic heterocycles. The first-order valence-electron chi connectivity index (χ1n) is 11.4. The number of esters is 2. The average Bonchev–Trinajstić information content (AvgIpc) is 3.35. The van der Waals surface area contributed by atoms with E-state index < -0.39 is 0 Å². The lowest BCUT2D eigenvalue weighted by Gasteiger charge is -2.19. The number of carbonyl (C=O) groups excluding carboxylic acids is 2. The largest absolute Gasteiger partial charge is 0.460 e. The van der Waals surface area contributed by atoms with Crippen molar-refractivity contribution in [1.82, 2.24) is 0 Å². The van der Waals surface area contributed by atoms with Gasteiger partial charge in [-0.3, -0.25) is 9.59 Å². The third kappa shape index (κ3) is 14.3.